The van der Waals surface area contributed by atoms with E-state index >= 15 is 0 Å². The van der Waals surface area contributed by atoms with E-state index in [0.29, 0.717) is 15.9 Å². The maximum absolute atomic E-state index is 14.5. The molecule has 3 aromatic carbocycles. The van der Waals surface area contributed by atoms with Gasteiger partial charge in [0.15, 0.2) is 0 Å². The van der Waals surface area contributed by atoms with E-state index in [2.05, 4.69) is 10.2 Å². The second kappa shape index (κ2) is 10.1. The smallest absolute Gasteiger partial charge is 0.328 e. The SMILES string of the molecule is O=C(O)/C=C/c1ccc(/C(=C(\c2ccc(CO)cc2Cl)C2CCC2)c2ccc3n[nH]c(F)c3c2)cc1. The molecule has 0 saturated heterocycles. The first-order valence-electron chi connectivity index (χ1n) is 11.7. The van der Waals surface area contributed by atoms with E-state index in [-0.39, 0.29) is 12.5 Å². The van der Waals surface area contributed by atoms with Crippen LogP contribution in [0.1, 0.15) is 47.1 Å². The van der Waals surface area contributed by atoms with E-state index < -0.39 is 11.9 Å². The third kappa shape index (κ3) is 4.70. The zero-order chi connectivity index (χ0) is 25.2. The van der Waals surface area contributed by atoms with Gasteiger partial charge in [0.2, 0.25) is 5.95 Å². The molecule has 0 atom stereocenters. The normalized spacial score (nSPS) is 14.8. The summed E-state index contributed by atoms with van der Waals surface area (Å²) >= 11 is 6.76. The fourth-order valence-electron chi connectivity index (χ4n) is 4.67. The molecule has 1 aliphatic carbocycles. The zero-order valence-electron chi connectivity index (χ0n) is 19.3. The minimum absolute atomic E-state index is 0.100. The van der Waals surface area contributed by atoms with Gasteiger partial charge in [-0.1, -0.05) is 60.5 Å². The number of carboxylic acids is 1. The lowest BCUT2D eigenvalue weighted by Gasteiger charge is -2.32. The lowest BCUT2D eigenvalue weighted by atomic mass is 9.73. The Morgan fingerprint density at radius 2 is 1.83 bits per heavy atom. The van der Waals surface area contributed by atoms with Crippen LogP contribution in [-0.2, 0) is 11.4 Å². The quantitative estimate of drug-likeness (QED) is 0.194. The highest BCUT2D eigenvalue weighted by Crippen LogP contribution is 2.47. The first kappa shape index (κ1) is 24.0. The standard InChI is InChI=1S/C29H24ClFN2O3/c30-24-14-18(16-34)6-11-22(24)28(19-2-1-3-19)27(20-8-4-17(5-9-20)7-13-26(35)36)21-10-12-25-23(15-21)29(31)33-32-25/h4-15,19,34H,1-3,16H2,(H,32,33)(H,35,36)/b13-7+,28-27+. The number of aromatic amines is 1. The summed E-state index contributed by atoms with van der Waals surface area (Å²) in [5.74, 6) is -1.23. The molecule has 1 saturated carbocycles. The molecular formula is C29H24ClFN2O3. The minimum atomic E-state index is -1.01. The topological polar surface area (TPSA) is 86.2 Å². The second-order valence-electron chi connectivity index (χ2n) is 8.95. The minimum Gasteiger partial charge on any atom is -0.478 e. The molecular weight excluding hydrogens is 479 g/mol. The van der Waals surface area contributed by atoms with Gasteiger partial charge in [0.25, 0.3) is 0 Å². The van der Waals surface area contributed by atoms with Crippen molar-refractivity contribution in [3.63, 3.8) is 0 Å². The van der Waals surface area contributed by atoms with Crippen molar-refractivity contribution in [3.05, 3.63) is 106 Å². The zero-order valence-corrected chi connectivity index (χ0v) is 20.1. The number of carboxylic acid groups (broad SMARTS) is 1. The van der Waals surface area contributed by atoms with Crippen LogP contribution in [0.2, 0.25) is 5.02 Å². The van der Waals surface area contributed by atoms with Crippen molar-refractivity contribution in [3.8, 4) is 0 Å². The van der Waals surface area contributed by atoms with E-state index in [0.717, 1.165) is 64.3 Å². The molecule has 7 heteroatoms. The number of hydrogen-bond donors (Lipinski definition) is 3. The van der Waals surface area contributed by atoms with Gasteiger partial charge in [0.1, 0.15) is 0 Å². The predicted octanol–water partition coefficient (Wildman–Crippen LogP) is 6.70. The third-order valence-electron chi connectivity index (χ3n) is 6.70. The molecule has 1 aromatic heterocycles. The number of nitrogens with zero attached hydrogens (tertiary/aromatic N) is 1. The summed E-state index contributed by atoms with van der Waals surface area (Å²) in [6.07, 6.45) is 5.78. The Labute approximate surface area is 212 Å². The van der Waals surface area contributed by atoms with Crippen LogP contribution >= 0.6 is 11.6 Å². The number of benzene rings is 3. The number of hydrogen-bond acceptors (Lipinski definition) is 3. The number of allylic oxidation sites excluding steroid dienone is 1. The number of halogens is 2. The van der Waals surface area contributed by atoms with Crippen LogP contribution in [0, 0.1) is 11.9 Å². The van der Waals surface area contributed by atoms with E-state index in [4.69, 9.17) is 16.7 Å². The molecule has 0 bridgehead atoms. The molecule has 0 unspecified atom stereocenters. The molecule has 182 valence electrons. The Kier molecular flexibility index (Phi) is 6.72. The van der Waals surface area contributed by atoms with E-state index in [1.165, 1.54) is 0 Å². The number of fused-ring (bicyclic) bond motifs is 1. The molecule has 1 fully saturated rings. The first-order valence-corrected chi connectivity index (χ1v) is 12.1. The fraction of sp³-hybridized carbons (Fsp3) is 0.172. The molecule has 0 radical (unpaired) electrons. The fourth-order valence-corrected chi connectivity index (χ4v) is 4.98. The Morgan fingerprint density at radius 3 is 2.47 bits per heavy atom. The summed E-state index contributed by atoms with van der Waals surface area (Å²) in [7, 11) is 0. The third-order valence-corrected chi connectivity index (χ3v) is 7.02. The molecule has 0 spiro atoms. The summed E-state index contributed by atoms with van der Waals surface area (Å²) < 4.78 is 14.5. The van der Waals surface area contributed by atoms with Gasteiger partial charge in [0, 0.05) is 11.1 Å². The van der Waals surface area contributed by atoms with E-state index in [9.17, 15) is 14.3 Å². The highest BCUT2D eigenvalue weighted by Gasteiger charge is 2.29. The van der Waals surface area contributed by atoms with Crippen molar-refractivity contribution in [1.29, 1.82) is 0 Å². The van der Waals surface area contributed by atoms with Crippen LogP contribution in [0.3, 0.4) is 0 Å². The Hall–Kier alpha value is -3.74. The van der Waals surface area contributed by atoms with E-state index in [1.54, 1.807) is 24.3 Å². The number of aliphatic hydroxyl groups is 1. The van der Waals surface area contributed by atoms with Gasteiger partial charge in [0.05, 0.1) is 17.5 Å². The van der Waals surface area contributed by atoms with Gasteiger partial charge >= 0.3 is 5.97 Å². The van der Waals surface area contributed by atoms with Gasteiger partial charge in [-0.15, -0.1) is 0 Å². The number of H-pyrrole nitrogens is 1. The summed E-state index contributed by atoms with van der Waals surface area (Å²) in [6, 6.07) is 18.7. The van der Waals surface area contributed by atoms with Crippen molar-refractivity contribution in [1.82, 2.24) is 10.2 Å². The Balaban J connectivity index is 1.76. The summed E-state index contributed by atoms with van der Waals surface area (Å²) in [5, 5.41) is 25.9. The molecule has 1 aliphatic rings. The highest BCUT2D eigenvalue weighted by molar-refractivity contribution is 6.33. The molecule has 1 heterocycles. The number of aromatic nitrogens is 2. The average molecular weight is 503 g/mol. The highest BCUT2D eigenvalue weighted by atomic mass is 35.5. The van der Waals surface area contributed by atoms with Crippen LogP contribution in [0.4, 0.5) is 4.39 Å². The number of nitrogens with one attached hydrogen (secondary N) is 1. The largest absolute Gasteiger partial charge is 0.478 e. The molecule has 3 N–H and O–H groups in total. The van der Waals surface area contributed by atoms with Gasteiger partial charge in [-0.05, 0) is 82.0 Å². The molecule has 5 rings (SSSR count). The molecule has 5 nitrogen and oxygen atoms in total. The summed E-state index contributed by atoms with van der Waals surface area (Å²) in [4.78, 5) is 10.9. The van der Waals surface area contributed by atoms with Gasteiger partial charge in [-0.25, -0.2) is 4.79 Å². The van der Waals surface area contributed by atoms with Crippen LogP contribution in [0.15, 0.2) is 66.7 Å². The van der Waals surface area contributed by atoms with Gasteiger partial charge < -0.3 is 10.2 Å². The molecule has 0 amide bonds. The maximum Gasteiger partial charge on any atom is 0.328 e. The molecule has 0 aliphatic heterocycles. The lowest BCUT2D eigenvalue weighted by molar-refractivity contribution is -0.131. The van der Waals surface area contributed by atoms with Crippen molar-refractivity contribution in [2.24, 2.45) is 5.92 Å². The van der Waals surface area contributed by atoms with Crippen LogP contribution < -0.4 is 0 Å². The van der Waals surface area contributed by atoms with Crippen molar-refractivity contribution < 1.29 is 19.4 Å². The maximum atomic E-state index is 14.5. The number of carbonyl (C=O) groups is 1. The second-order valence-corrected chi connectivity index (χ2v) is 9.36. The van der Waals surface area contributed by atoms with Crippen LogP contribution in [0.5, 0.6) is 0 Å². The number of rotatable bonds is 7. The Morgan fingerprint density at radius 1 is 1.08 bits per heavy atom. The molecule has 4 aromatic rings. The summed E-state index contributed by atoms with van der Waals surface area (Å²) in [5.41, 5.74) is 6.68. The van der Waals surface area contributed by atoms with Gasteiger partial charge in [-0.3, -0.25) is 5.10 Å². The Bertz CT molecular complexity index is 1500. The van der Waals surface area contributed by atoms with Crippen LogP contribution in [-0.4, -0.2) is 26.4 Å². The molecule has 36 heavy (non-hydrogen) atoms. The average Bonchev–Trinajstić information content (AvgIpc) is 3.22. The van der Waals surface area contributed by atoms with E-state index in [1.807, 2.05) is 42.5 Å². The van der Waals surface area contributed by atoms with Crippen LogP contribution in [0.25, 0.3) is 28.1 Å². The van der Waals surface area contributed by atoms with Crippen molar-refractivity contribution in [2.45, 2.75) is 25.9 Å². The monoisotopic (exact) mass is 502 g/mol. The number of aliphatic carboxylic acids is 1. The van der Waals surface area contributed by atoms with Crippen molar-refractivity contribution in [2.75, 3.05) is 0 Å². The lowest BCUT2D eigenvalue weighted by Crippen LogP contribution is -2.15. The number of aliphatic hydroxyl groups excluding tert-OH is 1. The first-order chi connectivity index (χ1) is 17.4. The summed E-state index contributed by atoms with van der Waals surface area (Å²) in [6.45, 7) is -0.100. The predicted molar refractivity (Wildman–Crippen MR) is 140 cm³/mol. The van der Waals surface area contributed by atoms with Gasteiger partial charge in [-0.2, -0.15) is 9.49 Å². The van der Waals surface area contributed by atoms with Crippen molar-refractivity contribution >= 4 is 45.7 Å².